The monoisotopic (exact) mass is 434 g/mol. The molecule has 3 fully saturated rings. The van der Waals surface area contributed by atoms with Crippen molar-refractivity contribution >= 4 is 0 Å². The van der Waals surface area contributed by atoms with Crippen molar-refractivity contribution in [1.29, 1.82) is 0 Å². The molecule has 0 aromatic carbocycles. The fourth-order valence-corrected chi connectivity index (χ4v) is 7.73. The van der Waals surface area contributed by atoms with Crippen LogP contribution in [0.4, 0.5) is 4.39 Å². The molecule has 0 radical (unpaired) electrons. The fraction of sp³-hybridized carbons (Fsp3) is 1.00. The van der Waals surface area contributed by atoms with E-state index in [1.54, 1.807) is 51.4 Å². The summed E-state index contributed by atoms with van der Waals surface area (Å²) in [5.74, 6) is 6.22. The summed E-state index contributed by atoms with van der Waals surface area (Å²) in [6.07, 6.45) is 31.7. The largest absolute Gasteiger partial charge is 0.251 e. The fourth-order valence-electron chi connectivity index (χ4n) is 7.73. The van der Waals surface area contributed by atoms with Gasteiger partial charge in [-0.25, -0.2) is 0 Å². The van der Waals surface area contributed by atoms with Crippen molar-refractivity contribution in [1.82, 2.24) is 0 Å². The molecule has 182 valence electrons. The predicted octanol–water partition coefficient (Wildman–Crippen LogP) is 10.3. The van der Waals surface area contributed by atoms with E-state index >= 15 is 0 Å². The summed E-state index contributed by atoms with van der Waals surface area (Å²) in [4.78, 5) is 0. The van der Waals surface area contributed by atoms with E-state index in [1.807, 2.05) is 0 Å². The third kappa shape index (κ3) is 9.00. The minimum Gasteiger partial charge on any atom is -0.251 e. The number of alkyl halides is 1. The zero-order valence-corrected chi connectivity index (χ0v) is 21.1. The van der Waals surface area contributed by atoms with Gasteiger partial charge in [0, 0.05) is 0 Å². The van der Waals surface area contributed by atoms with Gasteiger partial charge in [-0.2, -0.15) is 0 Å². The highest BCUT2D eigenvalue weighted by atomic mass is 19.1. The van der Waals surface area contributed by atoms with E-state index in [0.29, 0.717) is 0 Å². The third-order valence-corrected chi connectivity index (χ3v) is 9.89. The lowest BCUT2D eigenvalue weighted by atomic mass is 9.64. The molecule has 31 heavy (non-hydrogen) atoms. The molecule has 0 aliphatic heterocycles. The Hall–Kier alpha value is -0.0700. The van der Waals surface area contributed by atoms with E-state index < -0.39 is 0 Å². The molecule has 0 unspecified atom stereocenters. The molecule has 0 amide bonds. The molecule has 1 heteroatoms. The van der Waals surface area contributed by atoms with E-state index in [0.717, 1.165) is 48.3 Å². The predicted molar refractivity (Wildman–Crippen MR) is 134 cm³/mol. The van der Waals surface area contributed by atoms with Crippen molar-refractivity contribution in [2.45, 2.75) is 148 Å². The van der Waals surface area contributed by atoms with Crippen LogP contribution < -0.4 is 0 Å². The number of halogens is 1. The molecular weight excluding hydrogens is 379 g/mol. The second-order valence-electron chi connectivity index (χ2n) is 12.0. The second-order valence-corrected chi connectivity index (χ2v) is 12.0. The summed E-state index contributed by atoms with van der Waals surface area (Å²) in [5, 5.41) is 0. The lowest BCUT2D eigenvalue weighted by Gasteiger charge is -2.41. The van der Waals surface area contributed by atoms with Gasteiger partial charge in [-0.1, -0.05) is 90.4 Å². The van der Waals surface area contributed by atoms with Gasteiger partial charge in [-0.3, -0.25) is 4.39 Å². The highest BCUT2D eigenvalue weighted by Gasteiger charge is 2.34. The van der Waals surface area contributed by atoms with E-state index in [-0.39, 0.29) is 6.67 Å². The van der Waals surface area contributed by atoms with Crippen LogP contribution in [0.5, 0.6) is 0 Å². The van der Waals surface area contributed by atoms with Crippen LogP contribution in [0.1, 0.15) is 148 Å². The number of hydrogen-bond donors (Lipinski definition) is 0. The van der Waals surface area contributed by atoms with Gasteiger partial charge in [-0.15, -0.1) is 0 Å². The zero-order chi connectivity index (χ0) is 21.7. The van der Waals surface area contributed by atoms with Gasteiger partial charge in [0.25, 0.3) is 0 Å². The maximum Gasteiger partial charge on any atom is 0.0894 e. The smallest absolute Gasteiger partial charge is 0.0894 e. The maximum atomic E-state index is 12.3. The Balaban J connectivity index is 1.24. The summed E-state index contributed by atoms with van der Waals surface area (Å²) < 4.78 is 12.3. The Bertz CT molecular complexity index is 422. The molecule has 0 saturated heterocycles. The summed E-state index contributed by atoms with van der Waals surface area (Å²) in [5.41, 5.74) is 0. The molecule has 0 bridgehead atoms. The topological polar surface area (TPSA) is 0 Å². The highest BCUT2D eigenvalue weighted by Crippen LogP contribution is 2.46. The first-order chi connectivity index (χ1) is 15.3. The maximum absolute atomic E-state index is 12.3. The van der Waals surface area contributed by atoms with Gasteiger partial charge >= 0.3 is 0 Å². The van der Waals surface area contributed by atoms with E-state index in [2.05, 4.69) is 6.92 Å². The van der Waals surface area contributed by atoms with Crippen molar-refractivity contribution in [3.05, 3.63) is 0 Å². The first-order valence-electron chi connectivity index (χ1n) is 14.9. The van der Waals surface area contributed by atoms with Crippen LogP contribution in [-0.4, -0.2) is 6.67 Å². The zero-order valence-electron chi connectivity index (χ0n) is 21.1. The molecule has 0 atom stereocenters. The standard InChI is InChI=1S/C30H55F/c1-2-3-4-5-6-7-10-25-12-16-27(17-13-25)29-20-22-30(23-21-29)28-18-14-26(15-19-28)11-8-9-24-31/h25-30H,2-24H2,1H3. The van der Waals surface area contributed by atoms with E-state index in [9.17, 15) is 4.39 Å². The molecule has 0 spiro atoms. The van der Waals surface area contributed by atoms with Gasteiger partial charge in [0.2, 0.25) is 0 Å². The Labute approximate surface area is 194 Å². The van der Waals surface area contributed by atoms with E-state index in [1.165, 1.54) is 77.0 Å². The average Bonchev–Trinajstić information content (AvgIpc) is 2.82. The Morgan fingerprint density at radius 1 is 0.452 bits per heavy atom. The van der Waals surface area contributed by atoms with Crippen LogP contribution in [0.25, 0.3) is 0 Å². The quantitative estimate of drug-likeness (QED) is 0.253. The summed E-state index contributed by atoms with van der Waals surface area (Å²) in [7, 11) is 0. The second kappa shape index (κ2) is 15.0. The molecule has 3 saturated carbocycles. The number of unbranched alkanes of at least 4 members (excludes halogenated alkanes) is 6. The molecule has 0 aromatic rings. The minimum atomic E-state index is -0.112. The van der Waals surface area contributed by atoms with Gasteiger partial charge < -0.3 is 0 Å². The number of rotatable bonds is 13. The molecule has 3 aliphatic rings. The lowest BCUT2D eigenvalue weighted by Crippen LogP contribution is -2.29. The average molecular weight is 435 g/mol. The highest BCUT2D eigenvalue weighted by molar-refractivity contribution is 4.86. The molecule has 3 rings (SSSR count). The van der Waals surface area contributed by atoms with Crippen LogP contribution in [0.15, 0.2) is 0 Å². The first kappa shape index (κ1) is 25.6. The Kier molecular flexibility index (Phi) is 12.3. The molecular formula is C30H55F. The van der Waals surface area contributed by atoms with Crippen LogP contribution in [0, 0.1) is 35.5 Å². The summed E-state index contributed by atoms with van der Waals surface area (Å²) in [6, 6.07) is 0. The van der Waals surface area contributed by atoms with Gasteiger partial charge in [0.15, 0.2) is 0 Å². The number of hydrogen-bond acceptors (Lipinski definition) is 0. The summed E-state index contributed by atoms with van der Waals surface area (Å²) >= 11 is 0. The lowest BCUT2D eigenvalue weighted by molar-refractivity contribution is 0.102. The minimum absolute atomic E-state index is 0.112. The normalized spacial score (nSPS) is 34.6. The molecule has 0 nitrogen and oxygen atoms in total. The van der Waals surface area contributed by atoms with Gasteiger partial charge in [0.05, 0.1) is 6.67 Å². The summed E-state index contributed by atoms with van der Waals surface area (Å²) in [6.45, 7) is 2.20. The van der Waals surface area contributed by atoms with Crippen LogP contribution >= 0.6 is 0 Å². The van der Waals surface area contributed by atoms with Crippen LogP contribution in [0.3, 0.4) is 0 Å². The van der Waals surface area contributed by atoms with Crippen molar-refractivity contribution in [2.75, 3.05) is 6.67 Å². The first-order valence-corrected chi connectivity index (χ1v) is 14.9. The Morgan fingerprint density at radius 2 is 0.806 bits per heavy atom. The third-order valence-electron chi connectivity index (χ3n) is 9.89. The van der Waals surface area contributed by atoms with Gasteiger partial charge in [0.1, 0.15) is 0 Å². The molecule has 0 aromatic heterocycles. The molecule has 0 N–H and O–H groups in total. The van der Waals surface area contributed by atoms with Crippen molar-refractivity contribution in [2.24, 2.45) is 35.5 Å². The van der Waals surface area contributed by atoms with Crippen LogP contribution in [-0.2, 0) is 0 Å². The van der Waals surface area contributed by atoms with Gasteiger partial charge in [-0.05, 0) is 93.3 Å². The van der Waals surface area contributed by atoms with Crippen LogP contribution in [0.2, 0.25) is 0 Å². The van der Waals surface area contributed by atoms with Crippen molar-refractivity contribution in [3.63, 3.8) is 0 Å². The van der Waals surface area contributed by atoms with Crippen molar-refractivity contribution in [3.8, 4) is 0 Å². The van der Waals surface area contributed by atoms with Crippen molar-refractivity contribution < 1.29 is 4.39 Å². The molecule has 3 aliphatic carbocycles. The van der Waals surface area contributed by atoms with E-state index in [4.69, 9.17) is 0 Å². The SMILES string of the molecule is CCCCCCCCC1CCC(C2CCC(C3CCC(CCCCF)CC3)CC2)CC1. The Morgan fingerprint density at radius 3 is 1.23 bits per heavy atom. The molecule has 0 heterocycles.